The molecule has 2 heterocycles. The number of thiophene rings is 1. The number of nitrogens with one attached hydrogen (secondary N) is 1. The molecular formula is C17H18N2O4S. The molecule has 2 amide bonds. The molecule has 7 heteroatoms. The zero-order valence-electron chi connectivity index (χ0n) is 13.4. The minimum atomic E-state index is -0.193. The summed E-state index contributed by atoms with van der Waals surface area (Å²) < 4.78 is 10.4. The molecular weight excluding hydrogens is 328 g/mol. The monoisotopic (exact) mass is 346 g/mol. The molecule has 1 fully saturated rings. The zero-order chi connectivity index (χ0) is 17.1. The number of ether oxygens (including phenoxy) is 2. The molecule has 0 spiro atoms. The molecule has 1 N–H and O–H groups in total. The molecule has 0 unspecified atom stereocenters. The Morgan fingerprint density at radius 1 is 1.17 bits per heavy atom. The standard InChI is InChI=1S/C17H18N2O4S/c1-22-13-6-5-12(8-14(13)23-2)18-16(20)11-9-19(10-11)17(21)15-4-3-7-24-15/h3-8,11H,9-10H2,1-2H3,(H,18,20). The first kappa shape index (κ1) is 16.3. The molecule has 0 saturated carbocycles. The Morgan fingerprint density at radius 3 is 2.54 bits per heavy atom. The third-order valence-corrected chi connectivity index (χ3v) is 4.78. The van der Waals surface area contributed by atoms with Crippen molar-refractivity contribution in [2.45, 2.75) is 0 Å². The second-order valence-corrected chi connectivity index (χ2v) is 6.39. The zero-order valence-corrected chi connectivity index (χ0v) is 14.3. The van der Waals surface area contributed by atoms with Crippen LogP contribution in [0.5, 0.6) is 11.5 Å². The van der Waals surface area contributed by atoms with Gasteiger partial charge in [-0.15, -0.1) is 11.3 Å². The molecule has 1 aliphatic rings. The quantitative estimate of drug-likeness (QED) is 0.903. The van der Waals surface area contributed by atoms with Crippen LogP contribution in [0.4, 0.5) is 5.69 Å². The van der Waals surface area contributed by atoms with Gasteiger partial charge in [-0.3, -0.25) is 9.59 Å². The van der Waals surface area contributed by atoms with E-state index in [1.807, 2.05) is 11.4 Å². The third-order valence-electron chi connectivity index (χ3n) is 3.92. The molecule has 1 aromatic heterocycles. The highest BCUT2D eigenvalue weighted by atomic mass is 32.1. The molecule has 0 aliphatic carbocycles. The molecule has 2 aromatic rings. The second kappa shape index (κ2) is 6.92. The molecule has 3 rings (SSSR count). The largest absolute Gasteiger partial charge is 0.493 e. The van der Waals surface area contributed by atoms with Crippen molar-refractivity contribution in [1.29, 1.82) is 0 Å². The van der Waals surface area contributed by atoms with E-state index >= 15 is 0 Å². The van der Waals surface area contributed by atoms with E-state index in [1.165, 1.54) is 11.3 Å². The Balaban J connectivity index is 1.56. The number of hydrogen-bond donors (Lipinski definition) is 1. The number of methoxy groups -OCH3 is 2. The van der Waals surface area contributed by atoms with E-state index in [0.717, 1.165) is 0 Å². The summed E-state index contributed by atoms with van der Waals surface area (Å²) in [6.45, 7) is 0.881. The molecule has 0 bridgehead atoms. The number of anilines is 1. The van der Waals surface area contributed by atoms with Gasteiger partial charge in [-0.25, -0.2) is 0 Å². The molecule has 126 valence electrons. The van der Waals surface area contributed by atoms with E-state index in [2.05, 4.69) is 5.32 Å². The van der Waals surface area contributed by atoms with E-state index in [9.17, 15) is 9.59 Å². The van der Waals surface area contributed by atoms with Crippen LogP contribution in [0.15, 0.2) is 35.7 Å². The van der Waals surface area contributed by atoms with Crippen LogP contribution in [-0.2, 0) is 4.79 Å². The molecule has 1 aromatic carbocycles. The Bertz CT molecular complexity index is 739. The number of carbonyl (C=O) groups is 2. The van der Waals surface area contributed by atoms with Crippen molar-refractivity contribution in [3.8, 4) is 11.5 Å². The highest BCUT2D eigenvalue weighted by Crippen LogP contribution is 2.30. The summed E-state index contributed by atoms with van der Waals surface area (Å²) in [4.78, 5) is 26.8. The minimum Gasteiger partial charge on any atom is -0.493 e. The van der Waals surface area contributed by atoms with Crippen molar-refractivity contribution >= 4 is 28.8 Å². The number of nitrogens with zero attached hydrogens (tertiary/aromatic N) is 1. The maximum Gasteiger partial charge on any atom is 0.263 e. The summed E-state index contributed by atoms with van der Waals surface area (Å²) >= 11 is 1.41. The number of carbonyl (C=O) groups excluding carboxylic acids is 2. The van der Waals surface area contributed by atoms with E-state index in [4.69, 9.17) is 9.47 Å². The van der Waals surface area contributed by atoms with Gasteiger partial charge in [0.2, 0.25) is 5.91 Å². The van der Waals surface area contributed by atoms with E-state index in [0.29, 0.717) is 35.2 Å². The van der Waals surface area contributed by atoms with Gasteiger partial charge in [0.15, 0.2) is 11.5 Å². The smallest absolute Gasteiger partial charge is 0.263 e. The van der Waals surface area contributed by atoms with Crippen molar-refractivity contribution < 1.29 is 19.1 Å². The molecule has 1 aliphatic heterocycles. The van der Waals surface area contributed by atoms with Crippen LogP contribution >= 0.6 is 11.3 Å². The lowest BCUT2D eigenvalue weighted by molar-refractivity contribution is -0.123. The van der Waals surface area contributed by atoms with Gasteiger partial charge < -0.3 is 19.7 Å². The summed E-state index contributed by atoms with van der Waals surface area (Å²) in [7, 11) is 3.10. The maximum absolute atomic E-state index is 12.3. The van der Waals surface area contributed by atoms with Gasteiger partial charge in [0, 0.05) is 24.8 Å². The lowest BCUT2D eigenvalue weighted by Gasteiger charge is -2.37. The average Bonchev–Trinajstić information content (AvgIpc) is 3.07. The first-order valence-electron chi connectivity index (χ1n) is 7.48. The molecule has 24 heavy (non-hydrogen) atoms. The van der Waals surface area contributed by atoms with Crippen LogP contribution in [0.1, 0.15) is 9.67 Å². The average molecular weight is 346 g/mol. The first-order valence-corrected chi connectivity index (χ1v) is 8.36. The summed E-state index contributed by atoms with van der Waals surface area (Å²) in [5.74, 6) is 0.852. The number of hydrogen-bond acceptors (Lipinski definition) is 5. The van der Waals surface area contributed by atoms with Crippen LogP contribution < -0.4 is 14.8 Å². The van der Waals surface area contributed by atoms with E-state index < -0.39 is 0 Å². The minimum absolute atomic E-state index is 0.0137. The van der Waals surface area contributed by atoms with Crippen molar-refractivity contribution in [3.63, 3.8) is 0 Å². The Labute approximate surface area is 144 Å². The van der Waals surface area contributed by atoms with Crippen LogP contribution in [0.3, 0.4) is 0 Å². The highest BCUT2D eigenvalue weighted by molar-refractivity contribution is 7.12. The van der Waals surface area contributed by atoms with Gasteiger partial charge in [-0.2, -0.15) is 0 Å². The fourth-order valence-electron chi connectivity index (χ4n) is 2.52. The van der Waals surface area contributed by atoms with Crippen molar-refractivity contribution in [1.82, 2.24) is 4.90 Å². The molecule has 0 radical (unpaired) electrons. The van der Waals surface area contributed by atoms with Crippen molar-refractivity contribution in [2.24, 2.45) is 5.92 Å². The SMILES string of the molecule is COc1ccc(NC(=O)C2CN(C(=O)c3cccs3)C2)cc1OC. The van der Waals surface area contributed by atoms with E-state index in [1.54, 1.807) is 43.4 Å². The summed E-state index contributed by atoms with van der Waals surface area (Å²) in [6, 6.07) is 8.85. The maximum atomic E-state index is 12.3. The number of likely N-dealkylation sites (tertiary alicyclic amines) is 1. The van der Waals surface area contributed by atoms with Crippen molar-refractivity contribution in [3.05, 3.63) is 40.6 Å². The predicted molar refractivity (Wildman–Crippen MR) is 91.9 cm³/mol. The summed E-state index contributed by atoms with van der Waals surface area (Å²) in [5.41, 5.74) is 0.640. The summed E-state index contributed by atoms with van der Waals surface area (Å²) in [5, 5.41) is 4.72. The topological polar surface area (TPSA) is 67.9 Å². The van der Waals surface area contributed by atoms with Gasteiger partial charge in [0.1, 0.15) is 0 Å². The van der Waals surface area contributed by atoms with E-state index in [-0.39, 0.29) is 17.7 Å². The fourth-order valence-corrected chi connectivity index (χ4v) is 3.22. The van der Waals surface area contributed by atoms with Crippen LogP contribution in [0.25, 0.3) is 0 Å². The number of rotatable bonds is 5. The van der Waals surface area contributed by atoms with Crippen LogP contribution in [-0.4, -0.2) is 44.0 Å². The number of benzene rings is 1. The molecule has 1 saturated heterocycles. The van der Waals surface area contributed by atoms with Gasteiger partial charge in [-0.1, -0.05) is 6.07 Å². The second-order valence-electron chi connectivity index (χ2n) is 5.44. The number of amides is 2. The van der Waals surface area contributed by atoms with Crippen LogP contribution in [0.2, 0.25) is 0 Å². The van der Waals surface area contributed by atoms with Gasteiger partial charge in [0.05, 0.1) is 25.0 Å². The van der Waals surface area contributed by atoms with Crippen LogP contribution in [0, 0.1) is 5.92 Å². The fraction of sp³-hybridized carbons (Fsp3) is 0.294. The Hall–Kier alpha value is -2.54. The highest BCUT2D eigenvalue weighted by Gasteiger charge is 2.36. The molecule has 6 nitrogen and oxygen atoms in total. The van der Waals surface area contributed by atoms with Crippen molar-refractivity contribution in [2.75, 3.05) is 32.6 Å². The summed E-state index contributed by atoms with van der Waals surface area (Å²) in [6.07, 6.45) is 0. The first-order chi connectivity index (χ1) is 11.6. The normalized spacial score (nSPS) is 14.0. The lowest BCUT2D eigenvalue weighted by Crippen LogP contribution is -2.54. The third kappa shape index (κ3) is 3.21. The predicted octanol–water partition coefficient (Wildman–Crippen LogP) is 2.48. The van der Waals surface area contributed by atoms with Gasteiger partial charge in [0.25, 0.3) is 5.91 Å². The Kier molecular flexibility index (Phi) is 4.71. The Morgan fingerprint density at radius 2 is 1.92 bits per heavy atom. The van der Waals surface area contributed by atoms with Gasteiger partial charge in [-0.05, 0) is 23.6 Å². The van der Waals surface area contributed by atoms with Gasteiger partial charge >= 0.3 is 0 Å². The molecule has 0 atom stereocenters. The lowest BCUT2D eigenvalue weighted by atomic mass is 9.98.